The summed E-state index contributed by atoms with van der Waals surface area (Å²) >= 11 is 1.60. The summed E-state index contributed by atoms with van der Waals surface area (Å²) in [4.78, 5) is 17.7. The Hall–Kier alpha value is -3.33. The molecule has 1 atom stereocenters. The summed E-state index contributed by atoms with van der Waals surface area (Å²) in [6.07, 6.45) is 2.91. The first-order valence-electron chi connectivity index (χ1n) is 12.2. The van der Waals surface area contributed by atoms with E-state index in [2.05, 4.69) is 17.2 Å². The number of carbonyl (C=O) groups is 1. The van der Waals surface area contributed by atoms with E-state index in [4.69, 9.17) is 14.6 Å². The third-order valence-electron chi connectivity index (χ3n) is 5.77. The molecule has 4 rings (SSSR count). The van der Waals surface area contributed by atoms with Crippen molar-refractivity contribution in [1.82, 2.24) is 14.8 Å². The monoisotopic (exact) mass is 510 g/mol. The average Bonchev–Trinajstić information content (AvgIpc) is 3.28. The molecule has 190 valence electrons. The number of nitrogens with one attached hydrogen (secondary N) is 1. The Labute approximate surface area is 215 Å². The van der Waals surface area contributed by atoms with Crippen LogP contribution >= 0.6 is 11.8 Å². The summed E-state index contributed by atoms with van der Waals surface area (Å²) in [6.45, 7) is 6.42. The largest absolute Gasteiger partial charge is 0.489 e. The number of fused-ring (bicyclic) bond motifs is 1. The van der Waals surface area contributed by atoms with E-state index in [0.717, 1.165) is 30.6 Å². The minimum atomic E-state index is -0.501. The molecule has 0 fully saturated rings. The molecule has 0 aliphatic carbocycles. The van der Waals surface area contributed by atoms with Crippen LogP contribution in [0.4, 0.5) is 10.3 Å². The van der Waals surface area contributed by atoms with Crippen molar-refractivity contribution in [3.05, 3.63) is 76.7 Å². The zero-order valence-electron chi connectivity index (χ0n) is 20.8. The van der Waals surface area contributed by atoms with E-state index in [-0.39, 0.29) is 18.4 Å². The Kier molecular flexibility index (Phi) is 8.64. The number of nitrogens with zero attached hydrogens (tertiary/aromatic N) is 3. The van der Waals surface area contributed by atoms with Gasteiger partial charge in [-0.2, -0.15) is 4.98 Å². The molecule has 0 bridgehead atoms. The van der Waals surface area contributed by atoms with Crippen molar-refractivity contribution in [1.29, 1.82) is 0 Å². The highest BCUT2D eigenvalue weighted by atomic mass is 32.2. The molecule has 1 unspecified atom stereocenters. The summed E-state index contributed by atoms with van der Waals surface area (Å²) in [5, 5.41) is 8.62. The molecule has 3 aromatic rings. The number of thioether (sulfide) groups is 1. The number of hydrogen-bond acceptors (Lipinski definition) is 7. The van der Waals surface area contributed by atoms with Gasteiger partial charge in [-0.1, -0.05) is 62.4 Å². The molecule has 2 heterocycles. The maximum atomic E-state index is 13.9. The first-order chi connectivity index (χ1) is 17.5. The Balaban J connectivity index is 1.61. The first kappa shape index (κ1) is 25.8. The van der Waals surface area contributed by atoms with Gasteiger partial charge in [-0.05, 0) is 43.5 Å². The highest BCUT2D eigenvalue weighted by Gasteiger charge is 2.35. The molecule has 0 spiro atoms. The van der Waals surface area contributed by atoms with E-state index in [1.165, 1.54) is 6.07 Å². The molecule has 0 saturated heterocycles. The number of carbonyl (C=O) groups excluding carboxylic acids is 1. The quantitative estimate of drug-likeness (QED) is 0.189. The number of aromatic nitrogens is 3. The van der Waals surface area contributed by atoms with Crippen LogP contribution in [-0.2, 0) is 16.1 Å². The maximum Gasteiger partial charge on any atom is 0.338 e. The van der Waals surface area contributed by atoms with Gasteiger partial charge in [0.15, 0.2) is 0 Å². The van der Waals surface area contributed by atoms with E-state index in [9.17, 15) is 9.18 Å². The predicted molar refractivity (Wildman–Crippen MR) is 139 cm³/mol. The van der Waals surface area contributed by atoms with Crippen LogP contribution in [0.25, 0.3) is 0 Å². The number of rotatable bonds is 11. The van der Waals surface area contributed by atoms with Gasteiger partial charge in [0.05, 0.1) is 12.2 Å². The van der Waals surface area contributed by atoms with Crippen molar-refractivity contribution in [2.24, 2.45) is 0 Å². The lowest BCUT2D eigenvalue weighted by atomic mass is 9.96. The first-order valence-corrected chi connectivity index (χ1v) is 13.2. The second-order valence-corrected chi connectivity index (χ2v) is 9.58. The molecule has 1 aliphatic rings. The van der Waals surface area contributed by atoms with Crippen LogP contribution in [0, 0.1) is 5.82 Å². The number of allylic oxidation sites excluding steroid dienone is 1. The van der Waals surface area contributed by atoms with Crippen LogP contribution < -0.4 is 10.1 Å². The van der Waals surface area contributed by atoms with Crippen molar-refractivity contribution in [2.75, 3.05) is 17.7 Å². The summed E-state index contributed by atoms with van der Waals surface area (Å²) in [5.41, 5.74) is 2.51. The number of ether oxygens (including phenoxy) is 2. The molecule has 1 N–H and O–H groups in total. The second-order valence-electron chi connectivity index (χ2n) is 8.52. The normalized spacial score (nSPS) is 14.8. The third kappa shape index (κ3) is 5.90. The molecular weight excluding hydrogens is 479 g/mol. The van der Waals surface area contributed by atoms with Crippen molar-refractivity contribution >= 4 is 23.7 Å². The van der Waals surface area contributed by atoms with Gasteiger partial charge in [-0.25, -0.2) is 13.9 Å². The standard InChI is InChI=1S/C27H31FN4O3S/c1-4-6-16-36-27-30-26-29-18(3)23(25(33)34-15-5-2)24(32(26)31-27)19-11-13-21(14-12-19)35-17-20-9-7-8-10-22(20)28/h7-14,24H,4-6,15-17H2,1-3H3,(H,29,30,31). The lowest BCUT2D eigenvalue weighted by Crippen LogP contribution is -2.29. The predicted octanol–water partition coefficient (Wildman–Crippen LogP) is 6.13. The highest BCUT2D eigenvalue weighted by molar-refractivity contribution is 7.99. The van der Waals surface area contributed by atoms with E-state index in [1.807, 2.05) is 38.1 Å². The number of benzene rings is 2. The van der Waals surface area contributed by atoms with Gasteiger partial charge in [-0.3, -0.25) is 0 Å². The molecule has 1 aliphatic heterocycles. The minimum Gasteiger partial charge on any atom is -0.489 e. The number of hydrogen-bond donors (Lipinski definition) is 1. The van der Waals surface area contributed by atoms with Gasteiger partial charge in [0, 0.05) is 17.0 Å². The molecule has 1 aromatic heterocycles. The second kappa shape index (κ2) is 12.1. The lowest BCUT2D eigenvalue weighted by molar-refractivity contribution is -0.139. The molecule has 36 heavy (non-hydrogen) atoms. The van der Waals surface area contributed by atoms with Crippen molar-refractivity contribution in [2.45, 2.75) is 57.8 Å². The van der Waals surface area contributed by atoms with E-state index >= 15 is 0 Å². The SMILES string of the molecule is CCCCSc1nc2n(n1)C(c1ccc(OCc3ccccc3F)cc1)C(C(=O)OCCC)=C(C)N2. The Morgan fingerprint density at radius 2 is 1.92 bits per heavy atom. The van der Waals surface area contributed by atoms with Crippen molar-refractivity contribution in [3.63, 3.8) is 0 Å². The fourth-order valence-corrected chi connectivity index (χ4v) is 4.78. The zero-order chi connectivity index (χ0) is 25.5. The summed E-state index contributed by atoms with van der Waals surface area (Å²) in [7, 11) is 0. The number of halogens is 1. The van der Waals surface area contributed by atoms with Crippen LogP contribution in [0.1, 0.15) is 57.2 Å². The van der Waals surface area contributed by atoms with E-state index in [0.29, 0.717) is 40.3 Å². The molecule has 9 heteroatoms. The maximum absolute atomic E-state index is 13.9. The van der Waals surface area contributed by atoms with Gasteiger partial charge < -0.3 is 14.8 Å². The van der Waals surface area contributed by atoms with Gasteiger partial charge in [0.25, 0.3) is 0 Å². The van der Waals surface area contributed by atoms with Crippen molar-refractivity contribution < 1.29 is 18.7 Å². The fraction of sp³-hybridized carbons (Fsp3) is 0.370. The molecule has 0 radical (unpaired) electrons. The molecule has 7 nitrogen and oxygen atoms in total. The van der Waals surface area contributed by atoms with Gasteiger partial charge in [0.2, 0.25) is 11.1 Å². The Morgan fingerprint density at radius 1 is 1.14 bits per heavy atom. The molecule has 0 amide bonds. The summed E-state index contributed by atoms with van der Waals surface area (Å²) < 4.78 is 27.0. The zero-order valence-corrected chi connectivity index (χ0v) is 21.6. The summed E-state index contributed by atoms with van der Waals surface area (Å²) in [5.74, 6) is 1.43. The van der Waals surface area contributed by atoms with E-state index < -0.39 is 6.04 Å². The molecule has 0 saturated carbocycles. The van der Waals surface area contributed by atoms with Crippen LogP contribution in [0.5, 0.6) is 5.75 Å². The molecular formula is C27H31FN4O3S. The Bertz CT molecular complexity index is 1230. The summed E-state index contributed by atoms with van der Waals surface area (Å²) in [6, 6.07) is 13.5. The fourth-order valence-electron chi connectivity index (χ4n) is 3.87. The van der Waals surface area contributed by atoms with Crippen LogP contribution in [0.3, 0.4) is 0 Å². The van der Waals surface area contributed by atoms with Gasteiger partial charge in [-0.15, -0.1) is 5.10 Å². The van der Waals surface area contributed by atoms with Crippen LogP contribution in [0.2, 0.25) is 0 Å². The van der Waals surface area contributed by atoms with Crippen LogP contribution in [0.15, 0.2) is 65.0 Å². The minimum absolute atomic E-state index is 0.124. The smallest absolute Gasteiger partial charge is 0.338 e. The molecule has 2 aromatic carbocycles. The Morgan fingerprint density at radius 3 is 2.64 bits per heavy atom. The third-order valence-corrected chi connectivity index (χ3v) is 6.69. The van der Waals surface area contributed by atoms with Crippen molar-refractivity contribution in [3.8, 4) is 5.75 Å². The van der Waals surface area contributed by atoms with E-state index in [1.54, 1.807) is 34.6 Å². The van der Waals surface area contributed by atoms with Gasteiger partial charge >= 0.3 is 5.97 Å². The topological polar surface area (TPSA) is 78.3 Å². The van der Waals surface area contributed by atoms with Crippen LogP contribution in [-0.4, -0.2) is 33.1 Å². The van der Waals surface area contributed by atoms with Gasteiger partial charge in [0.1, 0.15) is 24.2 Å². The highest BCUT2D eigenvalue weighted by Crippen LogP contribution is 2.37. The number of esters is 1. The number of anilines is 1. The average molecular weight is 511 g/mol. The number of unbranched alkanes of at least 4 members (excludes halogenated alkanes) is 1. The lowest BCUT2D eigenvalue weighted by Gasteiger charge is -2.28.